The zero-order chi connectivity index (χ0) is 15.2. The third kappa shape index (κ3) is 3.82. The molecule has 1 atom stereocenters. The van der Waals surface area contributed by atoms with Crippen LogP contribution in [0.1, 0.15) is 15.9 Å². The van der Waals surface area contributed by atoms with Gasteiger partial charge in [-0.15, -0.1) is 0 Å². The van der Waals surface area contributed by atoms with Crippen LogP contribution < -0.4 is 5.32 Å². The van der Waals surface area contributed by atoms with Gasteiger partial charge in [-0.05, 0) is 17.7 Å². The van der Waals surface area contributed by atoms with E-state index in [1.807, 2.05) is 30.3 Å². The van der Waals surface area contributed by atoms with Crippen molar-refractivity contribution in [3.05, 3.63) is 65.7 Å². The smallest absolute Gasteiger partial charge is 0.337 e. The first-order valence-electron chi connectivity index (χ1n) is 6.43. The molecule has 0 aliphatic rings. The fourth-order valence-electron chi connectivity index (χ4n) is 2.03. The number of benzene rings is 2. The third-order valence-corrected chi connectivity index (χ3v) is 3.07. The number of carboxylic acid groups (broad SMARTS) is 2. The monoisotopic (exact) mass is 285 g/mol. The fourth-order valence-corrected chi connectivity index (χ4v) is 2.03. The molecule has 0 spiro atoms. The lowest BCUT2D eigenvalue weighted by molar-refractivity contribution is -0.137. The second-order valence-corrected chi connectivity index (χ2v) is 4.58. The molecule has 5 nitrogen and oxygen atoms in total. The molecule has 5 heteroatoms. The molecule has 0 fully saturated rings. The molecule has 0 aliphatic heterocycles. The van der Waals surface area contributed by atoms with Crippen molar-refractivity contribution in [1.82, 2.24) is 0 Å². The van der Waals surface area contributed by atoms with E-state index in [9.17, 15) is 14.7 Å². The molecule has 0 heterocycles. The lowest BCUT2D eigenvalue weighted by Crippen LogP contribution is -2.32. The van der Waals surface area contributed by atoms with Crippen molar-refractivity contribution < 1.29 is 19.8 Å². The number of rotatable bonds is 6. The van der Waals surface area contributed by atoms with Gasteiger partial charge in [-0.3, -0.25) is 0 Å². The van der Waals surface area contributed by atoms with Crippen molar-refractivity contribution in [1.29, 1.82) is 0 Å². The zero-order valence-corrected chi connectivity index (χ0v) is 11.2. The van der Waals surface area contributed by atoms with Gasteiger partial charge in [0, 0.05) is 12.1 Å². The lowest BCUT2D eigenvalue weighted by Gasteiger charge is -2.17. The Bertz CT molecular complexity index is 640. The van der Waals surface area contributed by atoms with Crippen LogP contribution in [0.5, 0.6) is 0 Å². The van der Waals surface area contributed by atoms with Crippen molar-refractivity contribution in [3.63, 3.8) is 0 Å². The van der Waals surface area contributed by atoms with Gasteiger partial charge in [-0.25, -0.2) is 9.59 Å². The Kier molecular flexibility index (Phi) is 4.56. The minimum atomic E-state index is -1.10. The average molecular weight is 285 g/mol. The van der Waals surface area contributed by atoms with Gasteiger partial charge in [0.15, 0.2) is 0 Å². The molecule has 0 amide bonds. The molecular formula is C16H15NO4. The molecule has 2 rings (SSSR count). The van der Waals surface area contributed by atoms with Crippen LogP contribution in [-0.2, 0) is 11.2 Å². The van der Waals surface area contributed by atoms with Crippen LogP contribution in [0, 0.1) is 0 Å². The molecule has 0 aromatic heterocycles. The molecule has 1 unspecified atom stereocenters. The summed E-state index contributed by atoms with van der Waals surface area (Å²) in [5.74, 6) is -2.12. The van der Waals surface area contributed by atoms with E-state index < -0.39 is 18.0 Å². The Balaban J connectivity index is 2.21. The molecular weight excluding hydrogens is 270 g/mol. The number of anilines is 1. The van der Waals surface area contributed by atoms with E-state index >= 15 is 0 Å². The highest BCUT2D eigenvalue weighted by atomic mass is 16.4. The summed E-state index contributed by atoms with van der Waals surface area (Å²) >= 11 is 0. The SMILES string of the molecule is O=C(O)c1ccccc1NC(Cc1ccccc1)C(=O)O. The molecule has 2 aromatic carbocycles. The Hall–Kier alpha value is -2.82. The Morgan fingerprint density at radius 1 is 0.952 bits per heavy atom. The van der Waals surface area contributed by atoms with E-state index in [2.05, 4.69) is 5.32 Å². The predicted octanol–water partition coefficient (Wildman–Crippen LogP) is 2.49. The third-order valence-electron chi connectivity index (χ3n) is 3.07. The second-order valence-electron chi connectivity index (χ2n) is 4.58. The quantitative estimate of drug-likeness (QED) is 0.759. The van der Waals surface area contributed by atoms with E-state index in [-0.39, 0.29) is 12.0 Å². The first kappa shape index (κ1) is 14.6. The highest BCUT2D eigenvalue weighted by Crippen LogP contribution is 2.17. The van der Waals surface area contributed by atoms with Gasteiger partial charge in [0.05, 0.1) is 5.56 Å². The Morgan fingerprint density at radius 3 is 2.19 bits per heavy atom. The number of hydrogen-bond donors (Lipinski definition) is 3. The minimum absolute atomic E-state index is 0.0526. The number of aromatic carboxylic acids is 1. The summed E-state index contributed by atoms with van der Waals surface area (Å²) in [4.78, 5) is 22.5. The maximum absolute atomic E-state index is 11.4. The van der Waals surface area contributed by atoms with Gasteiger partial charge in [-0.2, -0.15) is 0 Å². The van der Waals surface area contributed by atoms with Crippen LogP contribution >= 0.6 is 0 Å². The topological polar surface area (TPSA) is 86.6 Å². The number of hydrogen-bond acceptors (Lipinski definition) is 3. The predicted molar refractivity (Wildman–Crippen MR) is 78.6 cm³/mol. The van der Waals surface area contributed by atoms with Crippen molar-refractivity contribution in [2.45, 2.75) is 12.5 Å². The normalized spacial score (nSPS) is 11.6. The summed E-state index contributed by atoms with van der Waals surface area (Å²) < 4.78 is 0. The maximum Gasteiger partial charge on any atom is 0.337 e. The van der Waals surface area contributed by atoms with E-state index in [0.29, 0.717) is 5.69 Å². The molecule has 0 radical (unpaired) electrons. The summed E-state index contributed by atoms with van der Waals surface area (Å²) in [6.45, 7) is 0. The van der Waals surface area contributed by atoms with E-state index in [1.165, 1.54) is 6.07 Å². The highest BCUT2D eigenvalue weighted by molar-refractivity contribution is 5.95. The number of para-hydroxylation sites is 1. The van der Waals surface area contributed by atoms with Crippen LogP contribution in [-0.4, -0.2) is 28.2 Å². The van der Waals surface area contributed by atoms with Crippen LogP contribution in [0.3, 0.4) is 0 Å². The van der Waals surface area contributed by atoms with Gasteiger partial charge in [0.25, 0.3) is 0 Å². The standard InChI is InChI=1S/C16H15NO4/c18-15(19)12-8-4-5-9-13(12)17-14(16(20)21)10-11-6-2-1-3-7-11/h1-9,14,17H,10H2,(H,18,19)(H,20,21). The first-order valence-corrected chi connectivity index (χ1v) is 6.43. The Morgan fingerprint density at radius 2 is 1.57 bits per heavy atom. The maximum atomic E-state index is 11.4. The van der Waals surface area contributed by atoms with Crippen LogP contribution in [0.4, 0.5) is 5.69 Å². The number of aliphatic carboxylic acids is 1. The fraction of sp³-hybridized carbons (Fsp3) is 0.125. The summed E-state index contributed by atoms with van der Waals surface area (Å²) in [7, 11) is 0. The largest absolute Gasteiger partial charge is 0.480 e. The molecule has 0 bridgehead atoms. The molecule has 0 saturated carbocycles. The minimum Gasteiger partial charge on any atom is -0.480 e. The number of carboxylic acids is 2. The van der Waals surface area contributed by atoms with Crippen LogP contribution in [0.25, 0.3) is 0 Å². The molecule has 3 N–H and O–H groups in total. The Labute approximate surface area is 121 Å². The summed E-state index contributed by atoms with van der Waals surface area (Å²) in [5, 5.41) is 21.2. The summed E-state index contributed by atoms with van der Waals surface area (Å²) in [5.41, 5.74) is 1.22. The van der Waals surface area contributed by atoms with E-state index in [0.717, 1.165) is 5.56 Å². The van der Waals surface area contributed by atoms with Crippen molar-refractivity contribution in [2.75, 3.05) is 5.32 Å². The number of carbonyl (C=O) groups is 2. The van der Waals surface area contributed by atoms with Crippen molar-refractivity contribution >= 4 is 17.6 Å². The lowest BCUT2D eigenvalue weighted by atomic mass is 10.0. The summed E-state index contributed by atoms with van der Waals surface area (Å²) in [6.07, 6.45) is 0.268. The van der Waals surface area contributed by atoms with Gasteiger partial charge in [0.2, 0.25) is 0 Å². The zero-order valence-electron chi connectivity index (χ0n) is 11.2. The van der Waals surface area contributed by atoms with Crippen molar-refractivity contribution in [3.8, 4) is 0 Å². The van der Waals surface area contributed by atoms with Gasteiger partial charge >= 0.3 is 11.9 Å². The van der Waals surface area contributed by atoms with E-state index in [4.69, 9.17) is 5.11 Å². The van der Waals surface area contributed by atoms with Crippen molar-refractivity contribution in [2.24, 2.45) is 0 Å². The van der Waals surface area contributed by atoms with Crippen LogP contribution in [0.2, 0.25) is 0 Å². The van der Waals surface area contributed by atoms with Gasteiger partial charge in [0.1, 0.15) is 6.04 Å². The molecule has 0 aliphatic carbocycles. The van der Waals surface area contributed by atoms with Crippen LogP contribution in [0.15, 0.2) is 54.6 Å². The average Bonchev–Trinajstić information content (AvgIpc) is 2.48. The molecule has 0 saturated heterocycles. The summed E-state index contributed by atoms with van der Waals surface area (Å²) in [6, 6.07) is 14.6. The van der Waals surface area contributed by atoms with Gasteiger partial charge < -0.3 is 15.5 Å². The molecule has 2 aromatic rings. The van der Waals surface area contributed by atoms with E-state index in [1.54, 1.807) is 18.2 Å². The highest BCUT2D eigenvalue weighted by Gasteiger charge is 2.20. The van der Waals surface area contributed by atoms with Gasteiger partial charge in [-0.1, -0.05) is 42.5 Å². The number of nitrogens with one attached hydrogen (secondary N) is 1. The molecule has 108 valence electrons. The first-order chi connectivity index (χ1) is 10.1. The molecule has 21 heavy (non-hydrogen) atoms. The second kappa shape index (κ2) is 6.56.